The number of nitrogens with zero attached hydrogens (tertiary/aromatic N) is 5. The largest absolute Gasteiger partial charge is 0.478 e. The Morgan fingerprint density at radius 1 is 1.00 bits per heavy atom. The summed E-state index contributed by atoms with van der Waals surface area (Å²) in [6.45, 7) is 5.25. The molecule has 2 aliphatic heterocycles. The Balaban J connectivity index is 0.000000638. The highest BCUT2D eigenvalue weighted by Gasteiger charge is 2.24. The van der Waals surface area contributed by atoms with Crippen LogP contribution in [0.3, 0.4) is 0 Å². The molecule has 0 radical (unpaired) electrons. The molecule has 210 valence electrons. The lowest BCUT2D eigenvalue weighted by molar-refractivity contribution is 0.0367. The van der Waals surface area contributed by atoms with Gasteiger partial charge in [-0.05, 0) is 72.6 Å². The summed E-state index contributed by atoms with van der Waals surface area (Å²) < 4.78 is 9.09. The molecule has 3 aromatic carbocycles. The first-order valence-electron chi connectivity index (χ1n) is 14.6. The molecule has 41 heavy (non-hydrogen) atoms. The lowest BCUT2D eigenvalue weighted by atomic mass is 10.0. The predicted octanol–water partition coefficient (Wildman–Crippen LogP) is 5.51. The molecule has 3 aliphatic rings. The first-order chi connectivity index (χ1) is 20.0. The molecule has 0 amide bonds. The summed E-state index contributed by atoms with van der Waals surface area (Å²) in [5.74, 6) is 1.88. The molecule has 5 aromatic rings. The Bertz CT molecular complexity index is 1720. The van der Waals surface area contributed by atoms with Crippen molar-refractivity contribution in [3.05, 3.63) is 94.6 Å². The molecule has 1 N–H and O–H groups in total. The molecule has 0 unspecified atom stereocenters. The first-order valence-corrected chi connectivity index (χ1v) is 14.6. The van der Waals surface area contributed by atoms with E-state index in [2.05, 4.69) is 51.9 Å². The minimum Gasteiger partial charge on any atom is -0.478 e. The number of carbonyl (C=O) groups is 1. The molecule has 0 atom stereocenters. The molecule has 1 aliphatic carbocycles. The Morgan fingerprint density at radius 3 is 2.49 bits per heavy atom. The summed E-state index contributed by atoms with van der Waals surface area (Å²) in [4.78, 5) is 23.7. The molecule has 1 saturated heterocycles. The van der Waals surface area contributed by atoms with Gasteiger partial charge in [-0.2, -0.15) is 0 Å². The summed E-state index contributed by atoms with van der Waals surface area (Å²) in [6, 6.07) is 20.8. The van der Waals surface area contributed by atoms with Crippen molar-refractivity contribution in [1.82, 2.24) is 24.0 Å². The van der Waals surface area contributed by atoms with Crippen molar-refractivity contribution >= 4 is 28.0 Å². The van der Waals surface area contributed by atoms with Crippen LogP contribution < -0.4 is 0 Å². The van der Waals surface area contributed by atoms with Gasteiger partial charge in [0.05, 0.1) is 40.7 Å². The first kappa shape index (κ1) is 25.9. The number of rotatable bonds is 6. The van der Waals surface area contributed by atoms with Crippen LogP contribution in [0, 0.1) is 0 Å². The minimum absolute atomic E-state index is 0.281. The van der Waals surface area contributed by atoms with E-state index < -0.39 is 5.97 Å². The molecule has 8 heteroatoms. The van der Waals surface area contributed by atoms with Gasteiger partial charge in [0.2, 0.25) is 0 Å². The van der Waals surface area contributed by atoms with Gasteiger partial charge in [0.1, 0.15) is 11.6 Å². The Kier molecular flexibility index (Phi) is 6.80. The third-order valence-corrected chi connectivity index (χ3v) is 8.53. The maximum Gasteiger partial charge on any atom is 0.335 e. The number of aryl methyl sites for hydroxylation is 1. The molecular weight excluding hydrogens is 514 g/mol. The monoisotopic (exact) mass is 549 g/mol. The van der Waals surface area contributed by atoms with Gasteiger partial charge in [0.25, 0.3) is 0 Å². The maximum absolute atomic E-state index is 11.4. The van der Waals surface area contributed by atoms with Crippen molar-refractivity contribution in [2.45, 2.75) is 51.2 Å². The zero-order chi connectivity index (χ0) is 27.9. The van der Waals surface area contributed by atoms with Crippen LogP contribution in [0.4, 0.5) is 0 Å². The third kappa shape index (κ3) is 5.25. The number of carboxylic acids is 1. The minimum atomic E-state index is -0.922. The zero-order valence-corrected chi connectivity index (χ0v) is 23.4. The SMILES string of the molecule is C1COC1.Cn1c(CN2CCn3c(nc4c(Cc5ccc(C6CC6)cc5)cccc43)C2)nc2ccc(C(=O)O)cc21. The van der Waals surface area contributed by atoms with Gasteiger partial charge in [-0.25, -0.2) is 14.8 Å². The van der Waals surface area contributed by atoms with Gasteiger partial charge in [0.15, 0.2) is 0 Å². The van der Waals surface area contributed by atoms with Crippen molar-refractivity contribution in [2.24, 2.45) is 7.05 Å². The van der Waals surface area contributed by atoms with Crippen LogP contribution in [0.2, 0.25) is 0 Å². The molecule has 8 nitrogen and oxygen atoms in total. The number of carboxylic acid groups (broad SMARTS) is 1. The smallest absolute Gasteiger partial charge is 0.335 e. The van der Waals surface area contributed by atoms with Gasteiger partial charge in [0, 0.05) is 33.4 Å². The average Bonchev–Trinajstić information content (AvgIpc) is 3.66. The molecule has 1 saturated carbocycles. The number of hydrogen-bond acceptors (Lipinski definition) is 5. The second-order valence-electron chi connectivity index (χ2n) is 11.4. The number of aromatic carboxylic acids is 1. The van der Waals surface area contributed by atoms with E-state index in [1.54, 1.807) is 18.2 Å². The average molecular weight is 550 g/mol. The zero-order valence-electron chi connectivity index (χ0n) is 23.4. The Morgan fingerprint density at radius 2 is 1.78 bits per heavy atom. The fourth-order valence-electron chi connectivity index (χ4n) is 5.82. The highest BCUT2D eigenvalue weighted by molar-refractivity contribution is 5.92. The maximum atomic E-state index is 11.4. The highest BCUT2D eigenvalue weighted by atomic mass is 16.5. The lowest BCUT2D eigenvalue weighted by Crippen LogP contribution is -2.34. The quantitative estimate of drug-likeness (QED) is 0.301. The van der Waals surface area contributed by atoms with E-state index in [1.165, 1.54) is 41.5 Å². The summed E-state index contributed by atoms with van der Waals surface area (Å²) in [5, 5.41) is 9.34. The molecule has 2 aromatic heterocycles. The molecule has 0 bridgehead atoms. The van der Waals surface area contributed by atoms with E-state index in [1.807, 2.05) is 11.6 Å². The number of hydrogen-bond donors (Lipinski definition) is 1. The van der Waals surface area contributed by atoms with Crippen LogP contribution in [0.5, 0.6) is 0 Å². The van der Waals surface area contributed by atoms with E-state index in [9.17, 15) is 9.90 Å². The number of aromatic nitrogens is 4. The number of benzene rings is 3. The summed E-state index contributed by atoms with van der Waals surface area (Å²) >= 11 is 0. The number of imidazole rings is 2. The van der Waals surface area contributed by atoms with Crippen LogP contribution in [-0.2, 0) is 37.8 Å². The highest BCUT2D eigenvalue weighted by Crippen LogP contribution is 2.40. The van der Waals surface area contributed by atoms with Gasteiger partial charge in [-0.15, -0.1) is 0 Å². The van der Waals surface area contributed by atoms with Crippen LogP contribution in [0.25, 0.3) is 22.1 Å². The van der Waals surface area contributed by atoms with Crippen molar-refractivity contribution in [1.29, 1.82) is 0 Å². The molecule has 8 rings (SSSR count). The van der Waals surface area contributed by atoms with Crippen LogP contribution in [0.15, 0.2) is 60.7 Å². The van der Waals surface area contributed by atoms with Crippen LogP contribution >= 0.6 is 0 Å². The Labute approximate surface area is 239 Å². The Hall–Kier alpha value is -4.01. The van der Waals surface area contributed by atoms with Gasteiger partial charge >= 0.3 is 5.97 Å². The second kappa shape index (κ2) is 10.8. The summed E-state index contributed by atoms with van der Waals surface area (Å²) in [5.41, 5.74) is 8.34. The standard InChI is InChI=1S/C30H29N5O2.C3H6O/c1-33-26-16-23(30(36)37)11-12-24(26)31-27(33)17-34-13-14-35-25-4-2-3-22(29(25)32-28(35)18-34)15-19-5-7-20(8-6-19)21-9-10-21;1-2-4-3-1/h2-8,11-12,16,21H,9-10,13-15,17-18H2,1H3,(H,36,37);1-3H2. The third-order valence-electron chi connectivity index (χ3n) is 8.53. The molecular formula is C33H35N5O3. The summed E-state index contributed by atoms with van der Waals surface area (Å²) in [7, 11) is 1.96. The van der Waals surface area contributed by atoms with Gasteiger partial charge < -0.3 is 19.0 Å². The molecule has 2 fully saturated rings. The number of ether oxygens (including phenoxy) is 1. The van der Waals surface area contributed by atoms with E-state index in [0.717, 1.165) is 73.4 Å². The van der Waals surface area contributed by atoms with Gasteiger partial charge in [-0.3, -0.25) is 4.90 Å². The molecule has 0 spiro atoms. The van der Waals surface area contributed by atoms with Crippen LogP contribution in [-0.4, -0.2) is 54.8 Å². The normalized spacial score (nSPS) is 16.7. The van der Waals surface area contributed by atoms with E-state index in [0.29, 0.717) is 6.54 Å². The van der Waals surface area contributed by atoms with Crippen LogP contribution in [0.1, 0.15) is 63.9 Å². The molecule has 4 heterocycles. The van der Waals surface area contributed by atoms with E-state index >= 15 is 0 Å². The van der Waals surface area contributed by atoms with E-state index in [4.69, 9.17) is 14.7 Å². The van der Waals surface area contributed by atoms with Crippen molar-refractivity contribution in [3.63, 3.8) is 0 Å². The fraction of sp³-hybridized carbons (Fsp3) is 0.364. The fourth-order valence-corrected chi connectivity index (χ4v) is 5.82. The summed E-state index contributed by atoms with van der Waals surface area (Å²) in [6.07, 6.45) is 4.83. The lowest BCUT2D eigenvalue weighted by Gasteiger charge is -2.27. The topological polar surface area (TPSA) is 85.4 Å². The van der Waals surface area contributed by atoms with Crippen molar-refractivity contribution in [3.8, 4) is 0 Å². The number of para-hydroxylation sites is 1. The van der Waals surface area contributed by atoms with Crippen molar-refractivity contribution in [2.75, 3.05) is 19.8 Å². The van der Waals surface area contributed by atoms with E-state index in [-0.39, 0.29) is 5.56 Å². The van der Waals surface area contributed by atoms with Crippen molar-refractivity contribution < 1.29 is 14.6 Å². The number of fused-ring (bicyclic) bond motifs is 4. The second-order valence-corrected chi connectivity index (χ2v) is 11.4. The van der Waals surface area contributed by atoms with Gasteiger partial charge in [-0.1, -0.05) is 36.4 Å². The predicted molar refractivity (Wildman–Crippen MR) is 158 cm³/mol.